The molecule has 1 atom stereocenters. The van der Waals surface area contributed by atoms with E-state index in [-0.39, 0.29) is 0 Å². The smallest absolute Gasteiger partial charge is 0.184 e. The van der Waals surface area contributed by atoms with Crippen molar-refractivity contribution in [3.05, 3.63) is 35.9 Å². The summed E-state index contributed by atoms with van der Waals surface area (Å²) in [6, 6.07) is 10.7. The summed E-state index contributed by atoms with van der Waals surface area (Å²) in [6.45, 7) is 13.9. The molecule has 0 saturated carbocycles. The Kier molecular flexibility index (Phi) is 4.15. The molecule has 0 fully saturated rings. The molecule has 0 aliphatic rings. The van der Waals surface area contributed by atoms with E-state index in [1.165, 1.54) is 5.56 Å². The molecule has 0 aliphatic heterocycles. The quantitative estimate of drug-likeness (QED) is 0.719. The fraction of sp³-hybridized carbons (Fsp3) is 0.538. The fourth-order valence-electron chi connectivity index (χ4n) is 1.73. The summed E-state index contributed by atoms with van der Waals surface area (Å²) >= 11 is 0. The van der Waals surface area contributed by atoms with Crippen LogP contribution in [0.2, 0.25) is 39.3 Å². The number of hydrogen-bond acceptors (Lipinski definition) is 1. The second-order valence-electron chi connectivity index (χ2n) is 6.39. The molecule has 0 unspecified atom stereocenters. The van der Waals surface area contributed by atoms with Gasteiger partial charge in [-0.2, -0.15) is 0 Å². The summed E-state index contributed by atoms with van der Waals surface area (Å²) in [5, 5.41) is 0. The molecule has 0 amide bonds. The molecule has 90 valence electrons. The van der Waals surface area contributed by atoms with Crippen molar-refractivity contribution in [2.24, 2.45) is 0 Å². The lowest BCUT2D eigenvalue weighted by molar-refractivity contribution is 0.268. The van der Waals surface area contributed by atoms with Crippen molar-refractivity contribution in [1.82, 2.24) is 0 Å². The molecule has 16 heavy (non-hydrogen) atoms. The maximum Gasteiger partial charge on any atom is 0.184 e. The zero-order valence-corrected chi connectivity index (χ0v) is 13.4. The van der Waals surface area contributed by atoms with Gasteiger partial charge in [0.15, 0.2) is 8.32 Å². The van der Waals surface area contributed by atoms with E-state index in [2.05, 4.69) is 69.6 Å². The van der Waals surface area contributed by atoms with Crippen LogP contribution >= 0.6 is 0 Å². The van der Waals surface area contributed by atoms with Crippen LogP contribution in [0.5, 0.6) is 0 Å². The SMILES string of the molecule is C[Si](C)(C)O[C@H](c1ccccc1)[Si](C)(C)C. The van der Waals surface area contributed by atoms with Gasteiger partial charge < -0.3 is 4.43 Å². The van der Waals surface area contributed by atoms with Gasteiger partial charge in [-0.1, -0.05) is 50.0 Å². The van der Waals surface area contributed by atoms with Crippen molar-refractivity contribution in [2.45, 2.75) is 45.0 Å². The van der Waals surface area contributed by atoms with Crippen LogP contribution in [0.3, 0.4) is 0 Å². The molecule has 0 radical (unpaired) electrons. The predicted molar refractivity (Wildman–Crippen MR) is 77.0 cm³/mol. The van der Waals surface area contributed by atoms with E-state index in [1.807, 2.05) is 0 Å². The van der Waals surface area contributed by atoms with Crippen molar-refractivity contribution < 1.29 is 4.43 Å². The highest BCUT2D eigenvalue weighted by Gasteiger charge is 2.32. The average Bonchev–Trinajstić information content (AvgIpc) is 2.13. The molecule has 0 heterocycles. The Morgan fingerprint density at radius 3 is 1.75 bits per heavy atom. The molecule has 0 bridgehead atoms. The van der Waals surface area contributed by atoms with E-state index in [0.717, 1.165) is 0 Å². The first-order valence-corrected chi connectivity index (χ1v) is 12.9. The largest absolute Gasteiger partial charge is 0.414 e. The van der Waals surface area contributed by atoms with Gasteiger partial charge in [-0.25, -0.2) is 0 Å². The van der Waals surface area contributed by atoms with Crippen molar-refractivity contribution in [1.29, 1.82) is 0 Å². The monoisotopic (exact) mass is 252 g/mol. The van der Waals surface area contributed by atoms with Gasteiger partial charge in [-0.15, -0.1) is 0 Å². The Morgan fingerprint density at radius 2 is 1.38 bits per heavy atom. The van der Waals surface area contributed by atoms with Gasteiger partial charge in [0, 0.05) is 0 Å². The van der Waals surface area contributed by atoms with Gasteiger partial charge in [0.1, 0.15) is 0 Å². The second kappa shape index (κ2) is 4.86. The van der Waals surface area contributed by atoms with Gasteiger partial charge in [-0.05, 0) is 25.2 Å². The lowest BCUT2D eigenvalue weighted by Crippen LogP contribution is -2.40. The van der Waals surface area contributed by atoms with Gasteiger partial charge in [0.25, 0.3) is 0 Å². The van der Waals surface area contributed by atoms with Gasteiger partial charge in [0.2, 0.25) is 0 Å². The number of rotatable bonds is 4. The molecule has 1 aromatic carbocycles. The standard InChI is InChI=1S/C13H24OSi2/c1-15(2,3)13(14-16(4,5)6)12-10-8-7-9-11-12/h7-11,13H,1-6H3/t13-/m0/s1. The number of benzene rings is 1. The summed E-state index contributed by atoms with van der Waals surface area (Å²) in [7, 11) is -2.80. The van der Waals surface area contributed by atoms with Crippen LogP contribution in [0.15, 0.2) is 30.3 Å². The molecule has 0 N–H and O–H groups in total. The van der Waals surface area contributed by atoms with E-state index in [4.69, 9.17) is 4.43 Å². The van der Waals surface area contributed by atoms with Crippen molar-refractivity contribution in [3.8, 4) is 0 Å². The Hall–Kier alpha value is -0.386. The minimum absolute atomic E-state index is 0.334. The van der Waals surface area contributed by atoms with E-state index in [0.29, 0.717) is 5.73 Å². The first-order chi connectivity index (χ1) is 7.20. The third-order valence-corrected chi connectivity index (χ3v) is 5.56. The molecule has 0 saturated heterocycles. The minimum Gasteiger partial charge on any atom is -0.414 e. The molecule has 1 aromatic rings. The lowest BCUT2D eigenvalue weighted by atomic mass is 10.2. The zero-order chi connectivity index (χ0) is 12.4. The Labute approximate surface area is 102 Å². The van der Waals surface area contributed by atoms with Crippen LogP contribution in [-0.4, -0.2) is 16.4 Å². The maximum atomic E-state index is 6.39. The van der Waals surface area contributed by atoms with E-state index < -0.39 is 16.4 Å². The summed E-state index contributed by atoms with van der Waals surface area (Å²) in [5.41, 5.74) is 1.68. The molecular weight excluding hydrogens is 228 g/mol. The van der Waals surface area contributed by atoms with Crippen LogP contribution in [0.25, 0.3) is 0 Å². The Bertz CT molecular complexity index is 322. The first kappa shape index (κ1) is 13.7. The minimum atomic E-state index is -1.48. The van der Waals surface area contributed by atoms with Crippen molar-refractivity contribution in [3.63, 3.8) is 0 Å². The molecule has 1 nitrogen and oxygen atoms in total. The molecule has 1 rings (SSSR count). The third-order valence-electron chi connectivity index (χ3n) is 2.36. The summed E-state index contributed by atoms with van der Waals surface area (Å²) < 4.78 is 6.39. The highest BCUT2D eigenvalue weighted by Crippen LogP contribution is 2.31. The molecule has 0 spiro atoms. The normalized spacial score (nSPS) is 14.9. The van der Waals surface area contributed by atoms with Crippen molar-refractivity contribution >= 4 is 16.4 Å². The van der Waals surface area contributed by atoms with Crippen LogP contribution in [-0.2, 0) is 4.43 Å². The Balaban J connectivity index is 2.98. The van der Waals surface area contributed by atoms with Crippen LogP contribution in [0.1, 0.15) is 11.3 Å². The predicted octanol–water partition coefficient (Wildman–Crippen LogP) is 4.46. The van der Waals surface area contributed by atoms with E-state index >= 15 is 0 Å². The van der Waals surface area contributed by atoms with Gasteiger partial charge in [0.05, 0.1) is 13.8 Å². The molecular formula is C13H24OSi2. The van der Waals surface area contributed by atoms with Crippen LogP contribution in [0, 0.1) is 0 Å². The third kappa shape index (κ3) is 4.24. The van der Waals surface area contributed by atoms with Crippen molar-refractivity contribution in [2.75, 3.05) is 0 Å². The van der Waals surface area contributed by atoms with Gasteiger partial charge in [-0.3, -0.25) is 0 Å². The number of hydrogen-bond donors (Lipinski definition) is 0. The van der Waals surface area contributed by atoms with Crippen LogP contribution in [0.4, 0.5) is 0 Å². The second-order valence-corrected chi connectivity index (χ2v) is 16.1. The Morgan fingerprint density at radius 1 is 0.875 bits per heavy atom. The lowest BCUT2D eigenvalue weighted by Gasteiger charge is -2.35. The van der Waals surface area contributed by atoms with E-state index in [1.54, 1.807) is 0 Å². The zero-order valence-electron chi connectivity index (χ0n) is 11.4. The average molecular weight is 253 g/mol. The molecule has 0 aromatic heterocycles. The highest BCUT2D eigenvalue weighted by atomic mass is 28.4. The summed E-state index contributed by atoms with van der Waals surface area (Å²) in [6.07, 6.45) is 0. The van der Waals surface area contributed by atoms with Crippen LogP contribution < -0.4 is 0 Å². The maximum absolute atomic E-state index is 6.39. The molecule has 0 aliphatic carbocycles. The van der Waals surface area contributed by atoms with E-state index in [9.17, 15) is 0 Å². The summed E-state index contributed by atoms with van der Waals surface area (Å²) in [5.74, 6) is 0. The summed E-state index contributed by atoms with van der Waals surface area (Å²) in [4.78, 5) is 0. The molecule has 3 heteroatoms. The van der Waals surface area contributed by atoms with Gasteiger partial charge >= 0.3 is 0 Å². The fourth-order valence-corrected chi connectivity index (χ4v) is 6.24. The topological polar surface area (TPSA) is 9.23 Å². The highest BCUT2D eigenvalue weighted by molar-refractivity contribution is 6.78. The first-order valence-electron chi connectivity index (χ1n) is 5.93.